The highest BCUT2D eigenvalue weighted by Crippen LogP contribution is 2.27. The van der Waals surface area contributed by atoms with Crippen LogP contribution in [0.3, 0.4) is 0 Å². The smallest absolute Gasteiger partial charge is 0.435 e. The van der Waals surface area contributed by atoms with E-state index in [2.05, 4.69) is 15.5 Å². The quantitative estimate of drug-likeness (QED) is 0.912. The molecule has 0 aliphatic rings. The molecule has 2 rings (SSSR count). The summed E-state index contributed by atoms with van der Waals surface area (Å²) in [6.45, 7) is 4.77. The second-order valence-electron chi connectivity index (χ2n) is 4.70. The molecule has 2 aromatic rings. The van der Waals surface area contributed by atoms with Crippen molar-refractivity contribution in [2.45, 2.75) is 26.6 Å². The van der Waals surface area contributed by atoms with E-state index in [9.17, 15) is 13.2 Å². The lowest BCUT2D eigenvalue weighted by atomic mass is 10.1. The van der Waals surface area contributed by atoms with Crippen LogP contribution < -0.4 is 10.1 Å². The van der Waals surface area contributed by atoms with Crippen LogP contribution in [-0.2, 0) is 12.7 Å². The van der Waals surface area contributed by atoms with E-state index >= 15 is 0 Å². The van der Waals surface area contributed by atoms with Gasteiger partial charge in [-0.05, 0) is 37.6 Å². The lowest BCUT2D eigenvalue weighted by Gasteiger charge is -2.12. The summed E-state index contributed by atoms with van der Waals surface area (Å²) in [6.07, 6.45) is -4.48. The summed E-state index contributed by atoms with van der Waals surface area (Å²) in [5.41, 5.74) is 0.957. The molecule has 118 valence electrons. The number of halogens is 3. The van der Waals surface area contributed by atoms with Gasteiger partial charge in [0.25, 0.3) is 0 Å². The van der Waals surface area contributed by atoms with Crippen molar-refractivity contribution < 1.29 is 17.9 Å². The number of aryl methyl sites for hydroxylation is 1. The molecule has 1 aromatic heterocycles. The van der Waals surface area contributed by atoms with E-state index < -0.39 is 11.9 Å². The van der Waals surface area contributed by atoms with Gasteiger partial charge in [-0.2, -0.15) is 13.2 Å². The first kappa shape index (κ1) is 16.1. The molecule has 0 spiro atoms. The molecule has 1 heterocycles. The second-order valence-corrected chi connectivity index (χ2v) is 4.70. The fraction of sp³-hybridized carbons (Fsp3) is 0.333. The Hall–Kier alpha value is -2.31. The molecule has 1 N–H and O–H groups in total. The third-order valence-corrected chi connectivity index (χ3v) is 2.94. The van der Waals surface area contributed by atoms with Crippen LogP contribution in [0.5, 0.6) is 5.75 Å². The summed E-state index contributed by atoms with van der Waals surface area (Å²) in [4.78, 5) is 0. The van der Waals surface area contributed by atoms with Gasteiger partial charge in [0.2, 0.25) is 0 Å². The number of rotatable bonds is 5. The highest BCUT2D eigenvalue weighted by atomic mass is 19.4. The fourth-order valence-electron chi connectivity index (χ4n) is 1.86. The number of benzene rings is 1. The maximum atomic E-state index is 12.4. The van der Waals surface area contributed by atoms with E-state index in [0.29, 0.717) is 13.2 Å². The number of nitrogens with zero attached hydrogens (tertiary/aromatic N) is 2. The van der Waals surface area contributed by atoms with E-state index in [-0.39, 0.29) is 5.82 Å². The number of hydrogen-bond acceptors (Lipinski definition) is 4. The third-order valence-electron chi connectivity index (χ3n) is 2.94. The Morgan fingerprint density at radius 3 is 2.50 bits per heavy atom. The summed E-state index contributed by atoms with van der Waals surface area (Å²) in [5, 5.41) is 9.63. The predicted octanol–water partition coefficient (Wildman–Crippen LogP) is 3.81. The third kappa shape index (κ3) is 4.09. The number of alkyl halides is 3. The summed E-state index contributed by atoms with van der Waals surface area (Å²) >= 11 is 0. The minimum absolute atomic E-state index is 0.274. The highest BCUT2D eigenvalue weighted by molar-refractivity contribution is 5.41. The Kier molecular flexibility index (Phi) is 4.85. The van der Waals surface area contributed by atoms with E-state index in [1.807, 2.05) is 32.0 Å². The van der Waals surface area contributed by atoms with Gasteiger partial charge in [0.1, 0.15) is 11.6 Å². The van der Waals surface area contributed by atoms with Crippen molar-refractivity contribution in [3.8, 4) is 5.75 Å². The molecule has 0 unspecified atom stereocenters. The summed E-state index contributed by atoms with van der Waals surface area (Å²) in [6, 6.07) is 7.92. The maximum absolute atomic E-state index is 12.4. The van der Waals surface area contributed by atoms with Crippen LogP contribution in [-0.4, -0.2) is 16.8 Å². The Labute approximate surface area is 126 Å². The second kappa shape index (κ2) is 6.64. The minimum atomic E-state index is -4.48. The molecule has 0 atom stereocenters. The number of nitrogens with one attached hydrogen (secondary N) is 1. The van der Waals surface area contributed by atoms with Gasteiger partial charge in [-0.15, -0.1) is 10.2 Å². The molecule has 0 radical (unpaired) electrons. The number of anilines is 1. The molecule has 22 heavy (non-hydrogen) atoms. The first-order valence-electron chi connectivity index (χ1n) is 6.77. The van der Waals surface area contributed by atoms with Crippen LogP contribution in [0.4, 0.5) is 19.0 Å². The van der Waals surface area contributed by atoms with E-state index in [0.717, 1.165) is 22.9 Å². The number of ether oxygens (including phenoxy) is 1. The van der Waals surface area contributed by atoms with Crippen molar-refractivity contribution in [1.29, 1.82) is 0 Å². The first-order chi connectivity index (χ1) is 10.4. The molecule has 0 fully saturated rings. The number of aromatic nitrogens is 2. The van der Waals surface area contributed by atoms with Crippen LogP contribution >= 0.6 is 0 Å². The molecule has 0 bridgehead atoms. The molecular weight excluding hydrogens is 295 g/mol. The summed E-state index contributed by atoms with van der Waals surface area (Å²) in [5.74, 6) is 1.02. The SMILES string of the molecule is CCOc1cc(C)ccc1CNc1ccc(C(F)(F)F)nn1. The Balaban J connectivity index is 2.07. The normalized spacial score (nSPS) is 11.3. The van der Waals surface area contributed by atoms with Gasteiger partial charge < -0.3 is 10.1 Å². The first-order valence-corrected chi connectivity index (χ1v) is 6.77. The molecule has 0 saturated carbocycles. The van der Waals surface area contributed by atoms with Gasteiger partial charge >= 0.3 is 6.18 Å². The van der Waals surface area contributed by atoms with Crippen molar-refractivity contribution in [1.82, 2.24) is 10.2 Å². The van der Waals surface area contributed by atoms with Crippen molar-refractivity contribution in [2.75, 3.05) is 11.9 Å². The topological polar surface area (TPSA) is 47.0 Å². The van der Waals surface area contributed by atoms with Crippen molar-refractivity contribution >= 4 is 5.82 Å². The summed E-state index contributed by atoms with van der Waals surface area (Å²) < 4.78 is 42.8. The largest absolute Gasteiger partial charge is 0.494 e. The summed E-state index contributed by atoms with van der Waals surface area (Å²) in [7, 11) is 0. The van der Waals surface area contributed by atoms with Crippen LogP contribution in [0.1, 0.15) is 23.7 Å². The van der Waals surface area contributed by atoms with Crippen LogP contribution in [0, 0.1) is 6.92 Å². The predicted molar refractivity (Wildman–Crippen MR) is 76.7 cm³/mol. The average molecular weight is 311 g/mol. The lowest BCUT2D eigenvalue weighted by molar-refractivity contribution is -0.141. The lowest BCUT2D eigenvalue weighted by Crippen LogP contribution is -2.10. The monoisotopic (exact) mass is 311 g/mol. The van der Waals surface area contributed by atoms with Gasteiger partial charge in [0.15, 0.2) is 5.69 Å². The van der Waals surface area contributed by atoms with Gasteiger partial charge in [-0.3, -0.25) is 0 Å². The van der Waals surface area contributed by atoms with Gasteiger partial charge in [0.05, 0.1) is 6.61 Å². The molecule has 0 saturated heterocycles. The van der Waals surface area contributed by atoms with Gasteiger partial charge in [-0.1, -0.05) is 12.1 Å². The minimum Gasteiger partial charge on any atom is -0.494 e. The molecule has 0 aliphatic carbocycles. The fourth-order valence-corrected chi connectivity index (χ4v) is 1.86. The zero-order valence-electron chi connectivity index (χ0n) is 12.2. The Bertz CT molecular complexity index is 627. The van der Waals surface area contributed by atoms with Crippen molar-refractivity contribution in [3.05, 3.63) is 47.2 Å². The van der Waals surface area contributed by atoms with Crippen molar-refractivity contribution in [2.24, 2.45) is 0 Å². The van der Waals surface area contributed by atoms with Crippen LogP contribution in [0.25, 0.3) is 0 Å². The van der Waals surface area contributed by atoms with Crippen LogP contribution in [0.2, 0.25) is 0 Å². The highest BCUT2D eigenvalue weighted by Gasteiger charge is 2.32. The van der Waals surface area contributed by atoms with E-state index in [1.54, 1.807) is 0 Å². The van der Waals surface area contributed by atoms with Gasteiger partial charge in [-0.25, -0.2) is 0 Å². The van der Waals surface area contributed by atoms with E-state index in [4.69, 9.17) is 4.74 Å². The zero-order chi connectivity index (χ0) is 16.2. The molecule has 0 aliphatic heterocycles. The Morgan fingerprint density at radius 1 is 1.14 bits per heavy atom. The molecule has 1 aromatic carbocycles. The molecule has 4 nitrogen and oxygen atoms in total. The molecular formula is C15H16F3N3O. The molecule has 0 amide bonds. The van der Waals surface area contributed by atoms with Crippen LogP contribution in [0.15, 0.2) is 30.3 Å². The maximum Gasteiger partial charge on any atom is 0.435 e. The molecule has 7 heteroatoms. The van der Waals surface area contributed by atoms with Gasteiger partial charge in [0, 0.05) is 12.1 Å². The Morgan fingerprint density at radius 2 is 1.91 bits per heavy atom. The number of hydrogen-bond donors (Lipinski definition) is 1. The standard InChI is InChI=1S/C15H16F3N3O/c1-3-22-12-8-10(2)4-5-11(12)9-19-14-7-6-13(20-21-14)15(16,17)18/h4-8H,3,9H2,1-2H3,(H,19,21). The van der Waals surface area contributed by atoms with Crippen molar-refractivity contribution in [3.63, 3.8) is 0 Å². The zero-order valence-corrected chi connectivity index (χ0v) is 12.2. The van der Waals surface area contributed by atoms with E-state index in [1.165, 1.54) is 6.07 Å². The average Bonchev–Trinajstić information content (AvgIpc) is 2.46.